The number of benzene rings is 1. The van der Waals surface area contributed by atoms with Crippen LogP contribution in [0, 0.1) is 6.92 Å². The Kier molecular flexibility index (Phi) is 4.21. The van der Waals surface area contributed by atoms with E-state index >= 15 is 0 Å². The average molecular weight is 322 g/mol. The lowest BCUT2D eigenvalue weighted by Crippen LogP contribution is -2.48. The van der Waals surface area contributed by atoms with Crippen molar-refractivity contribution in [3.8, 4) is 0 Å². The Bertz CT molecular complexity index is 621. The maximum Gasteiger partial charge on any atom is 0.418 e. The quantitative estimate of drug-likeness (QED) is 0.837. The first-order valence-corrected chi connectivity index (χ1v) is 8.32. The molecule has 0 radical (unpaired) electrons. The molecule has 118 valence electrons. The van der Waals surface area contributed by atoms with E-state index in [1.807, 2.05) is 0 Å². The van der Waals surface area contributed by atoms with Crippen LogP contribution in [0.3, 0.4) is 0 Å². The minimum absolute atomic E-state index is 0.112. The molecule has 0 aromatic heterocycles. The van der Waals surface area contributed by atoms with Crippen molar-refractivity contribution in [2.75, 3.05) is 37.3 Å². The van der Waals surface area contributed by atoms with Crippen molar-refractivity contribution >= 4 is 15.7 Å². The molecular weight excluding hydrogens is 305 g/mol. The molecule has 4 nitrogen and oxygen atoms in total. The van der Waals surface area contributed by atoms with Crippen LogP contribution in [0.15, 0.2) is 18.2 Å². The second-order valence-electron chi connectivity index (χ2n) is 5.17. The topological polar surface area (TPSA) is 40.6 Å². The molecule has 1 aromatic rings. The van der Waals surface area contributed by atoms with Crippen molar-refractivity contribution in [3.05, 3.63) is 29.3 Å². The normalized spacial score (nSPS) is 18.0. The number of sulfonamides is 1. The van der Waals surface area contributed by atoms with E-state index in [9.17, 15) is 21.6 Å². The number of rotatable bonds is 2. The van der Waals surface area contributed by atoms with Crippen LogP contribution in [-0.4, -0.2) is 45.2 Å². The minimum atomic E-state index is -4.42. The highest BCUT2D eigenvalue weighted by molar-refractivity contribution is 7.88. The van der Waals surface area contributed by atoms with E-state index in [1.54, 1.807) is 17.9 Å². The van der Waals surface area contributed by atoms with Gasteiger partial charge in [0.25, 0.3) is 0 Å². The zero-order chi connectivity index (χ0) is 15.8. The second-order valence-corrected chi connectivity index (χ2v) is 7.15. The summed E-state index contributed by atoms with van der Waals surface area (Å²) in [6.45, 7) is 2.51. The maximum atomic E-state index is 13.1. The third-order valence-corrected chi connectivity index (χ3v) is 4.81. The van der Waals surface area contributed by atoms with Gasteiger partial charge in [-0.25, -0.2) is 8.42 Å². The zero-order valence-corrected chi connectivity index (χ0v) is 12.6. The molecule has 0 aliphatic carbocycles. The Hall–Kier alpha value is -1.28. The van der Waals surface area contributed by atoms with Gasteiger partial charge in [0.15, 0.2) is 0 Å². The third-order valence-electron chi connectivity index (χ3n) is 3.51. The fourth-order valence-electron chi connectivity index (χ4n) is 2.41. The van der Waals surface area contributed by atoms with Gasteiger partial charge in [-0.15, -0.1) is 0 Å². The molecule has 0 atom stereocenters. The highest BCUT2D eigenvalue weighted by atomic mass is 32.2. The van der Waals surface area contributed by atoms with Crippen molar-refractivity contribution in [1.29, 1.82) is 0 Å². The number of nitrogens with zero attached hydrogens (tertiary/aromatic N) is 2. The van der Waals surface area contributed by atoms with E-state index in [-0.39, 0.29) is 31.9 Å². The van der Waals surface area contributed by atoms with Gasteiger partial charge in [0, 0.05) is 31.9 Å². The number of halogens is 3. The number of hydrogen-bond donors (Lipinski definition) is 0. The number of hydrogen-bond acceptors (Lipinski definition) is 3. The molecule has 1 aliphatic rings. The Morgan fingerprint density at radius 1 is 1.10 bits per heavy atom. The smallest absolute Gasteiger partial charge is 0.368 e. The molecular formula is C13H17F3N2O2S. The molecule has 8 heteroatoms. The lowest BCUT2D eigenvalue weighted by Gasteiger charge is -2.36. The van der Waals surface area contributed by atoms with E-state index in [0.717, 1.165) is 12.3 Å². The molecule has 1 fully saturated rings. The lowest BCUT2D eigenvalue weighted by molar-refractivity contribution is -0.137. The monoisotopic (exact) mass is 322 g/mol. The van der Waals surface area contributed by atoms with Crippen LogP contribution in [0.5, 0.6) is 0 Å². The van der Waals surface area contributed by atoms with Crippen molar-refractivity contribution in [2.24, 2.45) is 0 Å². The maximum absolute atomic E-state index is 13.1. The van der Waals surface area contributed by atoms with Crippen molar-refractivity contribution in [3.63, 3.8) is 0 Å². The van der Waals surface area contributed by atoms with Crippen LogP contribution >= 0.6 is 0 Å². The van der Waals surface area contributed by atoms with Crippen molar-refractivity contribution in [2.45, 2.75) is 13.1 Å². The van der Waals surface area contributed by atoms with E-state index < -0.39 is 21.8 Å². The summed E-state index contributed by atoms with van der Waals surface area (Å²) in [7, 11) is -3.29. The predicted octanol–water partition coefficient (Wildman–Crippen LogP) is 2.10. The standard InChI is InChI=1S/C13H17F3N2O2S/c1-10-3-4-12(11(9-10)13(14,15)16)17-5-7-18(8-6-17)21(2,19)20/h3-4,9H,5-8H2,1-2H3. The van der Waals surface area contributed by atoms with E-state index in [4.69, 9.17) is 0 Å². The summed E-state index contributed by atoms with van der Waals surface area (Å²) in [4.78, 5) is 1.59. The molecule has 0 N–H and O–H groups in total. The number of aryl methyl sites for hydroxylation is 1. The summed E-state index contributed by atoms with van der Waals surface area (Å²) in [5.41, 5.74) is -0.0163. The van der Waals surface area contributed by atoms with Crippen LogP contribution in [0.4, 0.5) is 18.9 Å². The first-order chi connectivity index (χ1) is 9.59. The molecule has 0 saturated carbocycles. The molecule has 1 saturated heterocycles. The van der Waals surface area contributed by atoms with Crippen molar-refractivity contribution in [1.82, 2.24) is 4.31 Å². The van der Waals surface area contributed by atoms with E-state index in [1.165, 1.54) is 10.4 Å². The minimum Gasteiger partial charge on any atom is -0.368 e. The summed E-state index contributed by atoms with van der Waals surface area (Å²) in [6.07, 6.45) is -3.31. The summed E-state index contributed by atoms with van der Waals surface area (Å²) in [6, 6.07) is 4.21. The molecule has 0 spiro atoms. The van der Waals surface area contributed by atoms with Gasteiger partial charge in [0.2, 0.25) is 10.0 Å². The van der Waals surface area contributed by atoms with Gasteiger partial charge in [-0.3, -0.25) is 0 Å². The first kappa shape index (κ1) is 16.1. The van der Waals surface area contributed by atoms with Gasteiger partial charge in [0.05, 0.1) is 11.8 Å². The summed E-state index contributed by atoms with van der Waals surface area (Å²) < 4.78 is 63.5. The Balaban J connectivity index is 2.25. The van der Waals surface area contributed by atoms with E-state index in [2.05, 4.69) is 0 Å². The van der Waals surface area contributed by atoms with Gasteiger partial charge in [-0.1, -0.05) is 11.6 Å². The highest BCUT2D eigenvalue weighted by Gasteiger charge is 2.36. The molecule has 2 rings (SSSR count). The number of piperazine rings is 1. The zero-order valence-electron chi connectivity index (χ0n) is 11.8. The summed E-state index contributed by atoms with van der Waals surface area (Å²) in [5.74, 6) is 0. The van der Waals surface area contributed by atoms with Gasteiger partial charge < -0.3 is 4.90 Å². The average Bonchev–Trinajstić information content (AvgIpc) is 2.37. The largest absolute Gasteiger partial charge is 0.418 e. The molecule has 0 unspecified atom stereocenters. The van der Waals surface area contributed by atoms with Crippen LogP contribution in [-0.2, 0) is 16.2 Å². The Morgan fingerprint density at radius 2 is 1.67 bits per heavy atom. The van der Waals surface area contributed by atoms with Gasteiger partial charge in [0.1, 0.15) is 0 Å². The van der Waals surface area contributed by atoms with Crippen LogP contribution in [0.2, 0.25) is 0 Å². The lowest BCUT2D eigenvalue weighted by atomic mass is 10.1. The molecule has 1 heterocycles. The SMILES string of the molecule is Cc1ccc(N2CCN(S(C)(=O)=O)CC2)c(C(F)(F)F)c1. The van der Waals surface area contributed by atoms with Gasteiger partial charge in [-0.05, 0) is 19.1 Å². The van der Waals surface area contributed by atoms with Crippen LogP contribution in [0.1, 0.15) is 11.1 Å². The number of alkyl halides is 3. The predicted molar refractivity (Wildman–Crippen MR) is 74.8 cm³/mol. The highest BCUT2D eigenvalue weighted by Crippen LogP contribution is 2.37. The number of anilines is 1. The van der Waals surface area contributed by atoms with Gasteiger partial charge >= 0.3 is 6.18 Å². The summed E-state index contributed by atoms with van der Waals surface area (Å²) >= 11 is 0. The van der Waals surface area contributed by atoms with Crippen LogP contribution < -0.4 is 4.90 Å². The fourth-order valence-corrected chi connectivity index (χ4v) is 3.24. The summed E-state index contributed by atoms with van der Waals surface area (Å²) in [5, 5.41) is 0. The Labute approximate surface area is 122 Å². The molecule has 0 amide bonds. The van der Waals surface area contributed by atoms with Crippen LogP contribution in [0.25, 0.3) is 0 Å². The molecule has 0 bridgehead atoms. The third kappa shape index (κ3) is 3.68. The van der Waals surface area contributed by atoms with Crippen molar-refractivity contribution < 1.29 is 21.6 Å². The second kappa shape index (κ2) is 5.49. The molecule has 1 aromatic carbocycles. The molecule has 1 aliphatic heterocycles. The fraction of sp³-hybridized carbons (Fsp3) is 0.538. The first-order valence-electron chi connectivity index (χ1n) is 6.47. The Morgan fingerprint density at radius 3 is 2.14 bits per heavy atom. The van der Waals surface area contributed by atoms with E-state index in [0.29, 0.717) is 5.56 Å². The van der Waals surface area contributed by atoms with Gasteiger partial charge in [-0.2, -0.15) is 17.5 Å². The molecule has 21 heavy (non-hydrogen) atoms.